The molecule has 2 atom stereocenters. The van der Waals surface area contributed by atoms with Crippen LogP contribution in [0.3, 0.4) is 0 Å². The largest absolute Gasteiger partial charge is 0.380 e. The van der Waals surface area contributed by atoms with Crippen LogP contribution < -0.4 is 10.6 Å². The monoisotopic (exact) mass is 184 g/mol. The van der Waals surface area contributed by atoms with Gasteiger partial charge in [0.2, 0.25) is 0 Å². The van der Waals surface area contributed by atoms with Crippen molar-refractivity contribution in [2.75, 3.05) is 32.8 Å². The minimum atomic E-state index is 0.620. The van der Waals surface area contributed by atoms with Crippen molar-refractivity contribution in [3.63, 3.8) is 0 Å². The summed E-state index contributed by atoms with van der Waals surface area (Å²) in [5, 5.41) is 6.99. The van der Waals surface area contributed by atoms with E-state index in [4.69, 9.17) is 4.74 Å². The van der Waals surface area contributed by atoms with Gasteiger partial charge in [-0.05, 0) is 44.8 Å². The Balaban J connectivity index is 1.60. The van der Waals surface area contributed by atoms with Crippen molar-refractivity contribution in [2.24, 2.45) is 5.92 Å². The van der Waals surface area contributed by atoms with E-state index in [-0.39, 0.29) is 0 Å². The summed E-state index contributed by atoms with van der Waals surface area (Å²) in [5.74, 6) is 0.849. The highest BCUT2D eigenvalue weighted by Gasteiger charge is 2.17. The van der Waals surface area contributed by atoms with Crippen LogP contribution in [-0.4, -0.2) is 38.9 Å². The summed E-state index contributed by atoms with van der Waals surface area (Å²) in [7, 11) is 0. The molecule has 76 valence electrons. The fraction of sp³-hybridized carbons (Fsp3) is 1.00. The Kier molecular flexibility index (Phi) is 3.58. The number of hydrogen-bond acceptors (Lipinski definition) is 3. The fourth-order valence-electron chi connectivity index (χ4n) is 2.12. The van der Waals surface area contributed by atoms with E-state index in [9.17, 15) is 0 Å². The van der Waals surface area contributed by atoms with Crippen molar-refractivity contribution in [3.8, 4) is 0 Å². The van der Waals surface area contributed by atoms with E-state index < -0.39 is 0 Å². The topological polar surface area (TPSA) is 33.3 Å². The maximum absolute atomic E-state index is 5.42. The minimum absolute atomic E-state index is 0.620. The molecule has 3 heteroatoms. The van der Waals surface area contributed by atoms with Crippen LogP contribution in [0.25, 0.3) is 0 Å². The van der Waals surface area contributed by atoms with Gasteiger partial charge in [0.1, 0.15) is 0 Å². The second-order valence-corrected chi connectivity index (χ2v) is 4.18. The minimum Gasteiger partial charge on any atom is -0.380 e. The zero-order valence-electron chi connectivity index (χ0n) is 8.22. The highest BCUT2D eigenvalue weighted by Crippen LogP contribution is 2.09. The van der Waals surface area contributed by atoms with E-state index in [0.717, 1.165) is 19.1 Å². The van der Waals surface area contributed by atoms with Gasteiger partial charge in [0.25, 0.3) is 0 Å². The molecule has 0 amide bonds. The van der Waals surface area contributed by atoms with Crippen LogP contribution in [0.2, 0.25) is 0 Å². The van der Waals surface area contributed by atoms with Crippen molar-refractivity contribution in [3.05, 3.63) is 0 Å². The van der Waals surface area contributed by atoms with E-state index in [1.54, 1.807) is 0 Å². The van der Waals surface area contributed by atoms with E-state index in [0.29, 0.717) is 6.04 Å². The Labute approximate surface area is 80.2 Å². The lowest BCUT2D eigenvalue weighted by atomic mass is 10.1. The van der Waals surface area contributed by atoms with Crippen LogP contribution in [0.15, 0.2) is 0 Å². The van der Waals surface area contributed by atoms with Crippen molar-refractivity contribution < 1.29 is 4.74 Å². The van der Waals surface area contributed by atoms with Gasteiger partial charge in [0.15, 0.2) is 0 Å². The molecular formula is C10H20N2O. The summed E-state index contributed by atoms with van der Waals surface area (Å²) >= 11 is 0. The van der Waals surface area contributed by atoms with Gasteiger partial charge >= 0.3 is 0 Å². The van der Waals surface area contributed by atoms with Gasteiger partial charge in [-0.15, -0.1) is 0 Å². The molecule has 2 rings (SSSR count). The second kappa shape index (κ2) is 4.94. The lowest BCUT2D eigenvalue weighted by molar-refractivity contribution is 0.0693. The Hall–Kier alpha value is -0.120. The number of hydrogen-bond donors (Lipinski definition) is 2. The Morgan fingerprint density at radius 1 is 1.38 bits per heavy atom. The van der Waals surface area contributed by atoms with Crippen LogP contribution in [0, 0.1) is 5.92 Å². The van der Waals surface area contributed by atoms with Crippen LogP contribution in [0.5, 0.6) is 0 Å². The van der Waals surface area contributed by atoms with Gasteiger partial charge < -0.3 is 15.4 Å². The van der Waals surface area contributed by atoms with Gasteiger partial charge in [0.05, 0.1) is 6.61 Å². The van der Waals surface area contributed by atoms with Crippen LogP contribution in [-0.2, 0) is 4.74 Å². The van der Waals surface area contributed by atoms with Crippen molar-refractivity contribution in [1.29, 1.82) is 0 Å². The Morgan fingerprint density at radius 3 is 3.08 bits per heavy atom. The molecule has 0 bridgehead atoms. The van der Waals surface area contributed by atoms with Gasteiger partial charge in [-0.2, -0.15) is 0 Å². The maximum atomic E-state index is 5.42. The number of rotatable bonds is 3. The summed E-state index contributed by atoms with van der Waals surface area (Å²) in [4.78, 5) is 0. The molecule has 3 nitrogen and oxygen atoms in total. The summed E-state index contributed by atoms with van der Waals surface area (Å²) in [6.07, 6.45) is 3.85. The third kappa shape index (κ3) is 2.93. The SMILES string of the molecule is C1COCC(NCC2CCNC2)C1. The summed E-state index contributed by atoms with van der Waals surface area (Å²) in [6, 6.07) is 0.620. The maximum Gasteiger partial charge on any atom is 0.0619 e. The lowest BCUT2D eigenvalue weighted by Gasteiger charge is -2.24. The average molecular weight is 184 g/mol. The third-order valence-corrected chi connectivity index (χ3v) is 3.02. The van der Waals surface area contributed by atoms with Gasteiger partial charge in [-0.3, -0.25) is 0 Å². The van der Waals surface area contributed by atoms with Gasteiger partial charge in [-0.1, -0.05) is 0 Å². The first-order valence-corrected chi connectivity index (χ1v) is 5.47. The summed E-state index contributed by atoms with van der Waals surface area (Å²) in [5.41, 5.74) is 0. The molecule has 2 aliphatic heterocycles. The molecule has 13 heavy (non-hydrogen) atoms. The fourth-order valence-corrected chi connectivity index (χ4v) is 2.12. The first-order chi connectivity index (χ1) is 6.45. The second-order valence-electron chi connectivity index (χ2n) is 4.18. The van der Waals surface area contributed by atoms with E-state index in [1.807, 2.05) is 0 Å². The Bertz CT molecular complexity index is 140. The summed E-state index contributed by atoms with van der Waals surface area (Å²) < 4.78 is 5.42. The molecule has 2 unspecified atom stereocenters. The molecule has 2 N–H and O–H groups in total. The molecule has 0 aromatic rings. The van der Waals surface area contributed by atoms with E-state index in [1.165, 1.54) is 38.9 Å². The molecular weight excluding hydrogens is 164 g/mol. The van der Waals surface area contributed by atoms with Crippen LogP contribution >= 0.6 is 0 Å². The molecule has 0 aliphatic carbocycles. The van der Waals surface area contributed by atoms with Crippen molar-refractivity contribution >= 4 is 0 Å². The van der Waals surface area contributed by atoms with E-state index in [2.05, 4.69) is 10.6 Å². The molecule has 2 heterocycles. The highest BCUT2D eigenvalue weighted by atomic mass is 16.5. The number of ether oxygens (including phenoxy) is 1. The lowest BCUT2D eigenvalue weighted by Crippen LogP contribution is -2.39. The molecule has 2 saturated heterocycles. The average Bonchev–Trinajstić information content (AvgIpc) is 2.69. The predicted molar refractivity (Wildman–Crippen MR) is 52.8 cm³/mol. The zero-order valence-corrected chi connectivity index (χ0v) is 8.22. The predicted octanol–water partition coefficient (Wildman–Crippen LogP) is 0.364. The smallest absolute Gasteiger partial charge is 0.0619 e. The normalized spacial score (nSPS) is 35.1. The molecule has 0 aromatic carbocycles. The van der Waals surface area contributed by atoms with Gasteiger partial charge in [-0.25, -0.2) is 0 Å². The first-order valence-electron chi connectivity index (χ1n) is 5.47. The van der Waals surface area contributed by atoms with Gasteiger partial charge in [0, 0.05) is 12.6 Å². The molecule has 2 aliphatic rings. The van der Waals surface area contributed by atoms with Crippen LogP contribution in [0.1, 0.15) is 19.3 Å². The number of nitrogens with one attached hydrogen (secondary N) is 2. The molecule has 0 spiro atoms. The third-order valence-electron chi connectivity index (χ3n) is 3.02. The quantitative estimate of drug-likeness (QED) is 0.664. The van der Waals surface area contributed by atoms with Crippen LogP contribution in [0.4, 0.5) is 0 Å². The van der Waals surface area contributed by atoms with E-state index >= 15 is 0 Å². The highest BCUT2D eigenvalue weighted by molar-refractivity contribution is 4.76. The van der Waals surface area contributed by atoms with Crippen molar-refractivity contribution in [2.45, 2.75) is 25.3 Å². The molecule has 0 radical (unpaired) electrons. The van der Waals surface area contributed by atoms with Crippen molar-refractivity contribution in [1.82, 2.24) is 10.6 Å². The molecule has 2 fully saturated rings. The molecule has 0 saturated carbocycles. The molecule has 0 aromatic heterocycles. The summed E-state index contributed by atoms with van der Waals surface area (Å²) in [6.45, 7) is 5.44. The Morgan fingerprint density at radius 2 is 2.38 bits per heavy atom. The first kappa shape index (κ1) is 9.44. The standard InChI is InChI=1S/C10H20N2O/c1-2-10(8-13-5-1)12-7-9-3-4-11-6-9/h9-12H,1-8H2. The zero-order chi connectivity index (χ0) is 8.93.